The highest BCUT2D eigenvalue weighted by Crippen LogP contribution is 2.38. The van der Waals surface area contributed by atoms with E-state index in [1.54, 1.807) is 0 Å². The highest BCUT2D eigenvalue weighted by Gasteiger charge is 2.23. The number of fused-ring (bicyclic) bond motifs is 2. The summed E-state index contributed by atoms with van der Waals surface area (Å²) in [5.41, 5.74) is 2.64. The summed E-state index contributed by atoms with van der Waals surface area (Å²) >= 11 is 0. The molecule has 1 aliphatic rings. The summed E-state index contributed by atoms with van der Waals surface area (Å²) in [7, 11) is 0. The van der Waals surface area contributed by atoms with Crippen molar-refractivity contribution in [3.8, 4) is 17.1 Å². The first-order chi connectivity index (χ1) is 19.1. The molecule has 1 amide bonds. The number of benzene rings is 2. The molecule has 0 saturated heterocycles. The van der Waals surface area contributed by atoms with E-state index in [0.717, 1.165) is 77.3 Å². The smallest absolute Gasteiger partial charge is 0.407 e. The SMILES string of the molecule is CC(C)Oc1cc(CCC2CCCC(NC(=O)OC(C)(C)C)CC2)cc2c(-c3cc4ccccc4o3)cncc12. The lowest BCUT2D eigenvalue weighted by Crippen LogP contribution is -2.38. The Bertz CT molecular complexity index is 1430. The van der Waals surface area contributed by atoms with Gasteiger partial charge in [-0.25, -0.2) is 4.79 Å². The highest BCUT2D eigenvalue weighted by atomic mass is 16.6. The van der Waals surface area contributed by atoms with Crippen LogP contribution in [0.25, 0.3) is 33.1 Å². The first kappa shape index (κ1) is 28.0. The molecule has 2 unspecified atom stereocenters. The highest BCUT2D eigenvalue weighted by molar-refractivity contribution is 6.00. The number of aryl methyl sites for hydroxylation is 1. The van der Waals surface area contributed by atoms with E-state index in [0.29, 0.717) is 5.92 Å². The summed E-state index contributed by atoms with van der Waals surface area (Å²) in [4.78, 5) is 16.8. The largest absolute Gasteiger partial charge is 0.490 e. The minimum absolute atomic E-state index is 0.0598. The van der Waals surface area contributed by atoms with E-state index in [1.165, 1.54) is 12.0 Å². The van der Waals surface area contributed by atoms with Crippen molar-refractivity contribution in [3.05, 3.63) is 60.4 Å². The zero-order valence-electron chi connectivity index (χ0n) is 24.5. The van der Waals surface area contributed by atoms with Gasteiger partial charge in [0.05, 0.1) is 6.10 Å². The Balaban J connectivity index is 1.34. The maximum atomic E-state index is 12.3. The first-order valence-electron chi connectivity index (χ1n) is 14.7. The quantitative estimate of drug-likeness (QED) is 0.236. The van der Waals surface area contributed by atoms with Crippen LogP contribution in [0.3, 0.4) is 0 Å². The number of pyridine rings is 1. The van der Waals surface area contributed by atoms with Crippen LogP contribution in [-0.4, -0.2) is 28.8 Å². The average molecular weight is 543 g/mol. The minimum atomic E-state index is -0.477. The summed E-state index contributed by atoms with van der Waals surface area (Å²) in [5, 5.41) is 6.28. The molecule has 1 N–H and O–H groups in total. The van der Waals surface area contributed by atoms with Gasteiger partial charge in [-0.1, -0.05) is 37.1 Å². The number of ether oxygens (including phenoxy) is 2. The number of para-hydroxylation sites is 1. The van der Waals surface area contributed by atoms with Crippen molar-refractivity contribution in [1.82, 2.24) is 10.3 Å². The fourth-order valence-electron chi connectivity index (χ4n) is 5.76. The molecule has 4 aromatic rings. The second-order valence-corrected chi connectivity index (χ2v) is 12.4. The minimum Gasteiger partial charge on any atom is -0.490 e. The number of furan rings is 1. The van der Waals surface area contributed by atoms with Gasteiger partial charge in [0.2, 0.25) is 0 Å². The molecule has 1 aliphatic carbocycles. The van der Waals surface area contributed by atoms with Crippen molar-refractivity contribution < 1.29 is 18.7 Å². The molecule has 6 nitrogen and oxygen atoms in total. The molecular formula is C34H42N2O4. The van der Waals surface area contributed by atoms with Gasteiger partial charge in [0, 0.05) is 34.8 Å². The Labute approximate surface area is 237 Å². The number of alkyl carbamates (subject to hydrolysis) is 1. The number of nitrogens with one attached hydrogen (secondary N) is 1. The van der Waals surface area contributed by atoms with Gasteiger partial charge in [-0.15, -0.1) is 0 Å². The monoisotopic (exact) mass is 542 g/mol. The molecule has 1 saturated carbocycles. The van der Waals surface area contributed by atoms with E-state index in [9.17, 15) is 4.79 Å². The number of hydrogen-bond acceptors (Lipinski definition) is 5. The van der Waals surface area contributed by atoms with Gasteiger partial charge in [0.1, 0.15) is 22.7 Å². The van der Waals surface area contributed by atoms with E-state index in [-0.39, 0.29) is 18.2 Å². The number of amides is 1. The molecule has 0 radical (unpaired) electrons. The number of carbonyl (C=O) groups excluding carboxylic acids is 1. The molecule has 40 heavy (non-hydrogen) atoms. The fraction of sp³-hybridized carbons (Fsp3) is 0.471. The van der Waals surface area contributed by atoms with Crippen LogP contribution in [0.4, 0.5) is 4.79 Å². The van der Waals surface area contributed by atoms with Crippen molar-refractivity contribution in [3.63, 3.8) is 0 Å². The van der Waals surface area contributed by atoms with Crippen LogP contribution >= 0.6 is 0 Å². The van der Waals surface area contributed by atoms with Gasteiger partial charge >= 0.3 is 6.09 Å². The Morgan fingerprint density at radius 2 is 1.88 bits per heavy atom. The second kappa shape index (κ2) is 11.9. The summed E-state index contributed by atoms with van der Waals surface area (Å²) in [6.45, 7) is 9.81. The molecular weight excluding hydrogens is 500 g/mol. The van der Waals surface area contributed by atoms with Crippen LogP contribution < -0.4 is 10.1 Å². The number of hydrogen-bond donors (Lipinski definition) is 1. The predicted molar refractivity (Wildman–Crippen MR) is 161 cm³/mol. The molecule has 0 aliphatic heterocycles. The van der Waals surface area contributed by atoms with Crippen molar-refractivity contribution in [2.24, 2.45) is 5.92 Å². The maximum absolute atomic E-state index is 12.3. The van der Waals surface area contributed by atoms with Crippen molar-refractivity contribution in [2.75, 3.05) is 0 Å². The molecule has 6 heteroatoms. The van der Waals surface area contributed by atoms with Crippen molar-refractivity contribution in [2.45, 2.75) is 97.3 Å². The van der Waals surface area contributed by atoms with Gasteiger partial charge in [-0.3, -0.25) is 4.98 Å². The predicted octanol–water partition coefficient (Wildman–Crippen LogP) is 8.84. The number of nitrogens with zero attached hydrogens (tertiary/aromatic N) is 1. The lowest BCUT2D eigenvalue weighted by molar-refractivity contribution is 0.0499. The van der Waals surface area contributed by atoms with Crippen molar-refractivity contribution in [1.29, 1.82) is 0 Å². The number of carbonyl (C=O) groups is 1. The number of aromatic nitrogens is 1. The summed E-state index contributed by atoms with van der Waals surface area (Å²) in [6.07, 6.45) is 11.0. The summed E-state index contributed by atoms with van der Waals surface area (Å²) in [6, 6.07) is 14.8. The molecule has 5 rings (SSSR count). The lowest BCUT2D eigenvalue weighted by atomic mass is 9.91. The van der Waals surface area contributed by atoms with Gasteiger partial charge in [-0.05, 0) is 102 Å². The lowest BCUT2D eigenvalue weighted by Gasteiger charge is -2.23. The Hall–Kier alpha value is -3.54. The van der Waals surface area contributed by atoms with Crippen molar-refractivity contribution >= 4 is 27.8 Å². The maximum Gasteiger partial charge on any atom is 0.407 e. The Kier molecular flexibility index (Phi) is 8.34. The molecule has 0 bridgehead atoms. The Morgan fingerprint density at radius 1 is 1.05 bits per heavy atom. The van der Waals surface area contributed by atoms with E-state index >= 15 is 0 Å². The van der Waals surface area contributed by atoms with Gasteiger partial charge < -0.3 is 19.2 Å². The van der Waals surface area contributed by atoms with Gasteiger partial charge in [0.15, 0.2) is 0 Å². The topological polar surface area (TPSA) is 73.6 Å². The van der Waals surface area contributed by atoms with E-state index in [4.69, 9.17) is 13.9 Å². The third-order valence-corrected chi connectivity index (χ3v) is 7.60. The van der Waals surface area contributed by atoms with Crippen LogP contribution in [-0.2, 0) is 11.2 Å². The zero-order chi connectivity index (χ0) is 28.3. The molecule has 0 spiro atoms. The van der Waals surface area contributed by atoms with Gasteiger partial charge in [-0.2, -0.15) is 0 Å². The van der Waals surface area contributed by atoms with Crippen LogP contribution in [0.2, 0.25) is 0 Å². The van der Waals surface area contributed by atoms with Crippen LogP contribution in [0, 0.1) is 5.92 Å². The van der Waals surface area contributed by atoms with Crippen LogP contribution in [0.5, 0.6) is 5.75 Å². The van der Waals surface area contributed by atoms with E-state index in [1.807, 2.05) is 51.4 Å². The summed E-state index contributed by atoms with van der Waals surface area (Å²) in [5.74, 6) is 2.32. The third kappa shape index (κ3) is 6.96. The standard InChI is InChI=1S/C34H42N2O4/c1-22(2)38-31-18-24(14-13-23-9-8-11-26(16-15-23)36-33(37)40-34(3,4)5)17-27-28(31)20-35-21-29(27)32-19-25-10-6-7-12-30(25)39-32/h6-7,10,12,17-23,26H,8-9,11,13-16H2,1-5H3,(H,36,37). The molecule has 2 aromatic carbocycles. The fourth-order valence-corrected chi connectivity index (χ4v) is 5.76. The Morgan fingerprint density at radius 3 is 2.65 bits per heavy atom. The molecule has 2 aromatic heterocycles. The zero-order valence-corrected chi connectivity index (χ0v) is 24.5. The molecule has 212 valence electrons. The molecule has 2 heterocycles. The molecule has 2 atom stereocenters. The van der Waals surface area contributed by atoms with E-state index in [2.05, 4.69) is 48.4 Å². The van der Waals surface area contributed by atoms with E-state index < -0.39 is 5.60 Å². The average Bonchev–Trinajstić information content (AvgIpc) is 3.19. The molecule has 1 fully saturated rings. The van der Waals surface area contributed by atoms with Gasteiger partial charge in [0.25, 0.3) is 0 Å². The van der Waals surface area contributed by atoms with Crippen LogP contribution in [0.15, 0.2) is 59.3 Å². The number of rotatable bonds is 7. The van der Waals surface area contributed by atoms with Crippen LogP contribution in [0.1, 0.15) is 78.7 Å². The summed E-state index contributed by atoms with van der Waals surface area (Å²) < 4.78 is 18.0. The first-order valence-corrected chi connectivity index (χ1v) is 14.7. The second-order valence-electron chi connectivity index (χ2n) is 12.4. The normalized spacial score (nSPS) is 18.1. The third-order valence-electron chi connectivity index (χ3n) is 7.60.